The highest BCUT2D eigenvalue weighted by molar-refractivity contribution is 5.93. The average molecular weight is 265 g/mol. The summed E-state index contributed by atoms with van der Waals surface area (Å²) in [5.41, 5.74) is 6.90. The quantitative estimate of drug-likeness (QED) is 0.621. The molecule has 0 aliphatic carbocycles. The van der Waals surface area contributed by atoms with Crippen molar-refractivity contribution in [1.82, 2.24) is 10.3 Å². The maximum absolute atomic E-state index is 10.8. The Morgan fingerprint density at radius 3 is 2.74 bits per heavy atom. The smallest absolute Gasteiger partial charge is 0.300 e. The van der Waals surface area contributed by atoms with Gasteiger partial charge in [0.25, 0.3) is 0 Å². The summed E-state index contributed by atoms with van der Waals surface area (Å²) in [6.07, 6.45) is 0. The maximum atomic E-state index is 10.8. The van der Waals surface area contributed by atoms with Crippen LogP contribution in [0.5, 0.6) is 0 Å². The van der Waals surface area contributed by atoms with Crippen LogP contribution in [0.25, 0.3) is 11.0 Å². The Labute approximate surface area is 109 Å². The van der Waals surface area contributed by atoms with Crippen molar-refractivity contribution in [3.05, 3.63) is 22.2 Å². The van der Waals surface area contributed by atoms with Crippen LogP contribution in [0.15, 0.2) is 16.8 Å². The Hall–Kier alpha value is -2.22. The van der Waals surface area contributed by atoms with E-state index in [-0.39, 0.29) is 17.2 Å². The van der Waals surface area contributed by atoms with Crippen molar-refractivity contribution >= 4 is 22.4 Å². The van der Waals surface area contributed by atoms with Crippen LogP contribution in [0.3, 0.4) is 0 Å². The Morgan fingerprint density at radius 1 is 1.42 bits per heavy atom. The number of fused-ring (bicyclic) bond motifs is 1. The molecule has 0 saturated carbocycles. The Balaban J connectivity index is 2.28. The van der Waals surface area contributed by atoms with Gasteiger partial charge in [-0.1, -0.05) is 13.8 Å². The lowest BCUT2D eigenvalue weighted by Gasteiger charge is -2.16. The first-order valence-corrected chi connectivity index (χ1v) is 5.89. The van der Waals surface area contributed by atoms with E-state index in [0.29, 0.717) is 23.7 Å². The van der Waals surface area contributed by atoms with Gasteiger partial charge in [-0.2, -0.15) is 0 Å². The molecule has 2 rings (SSSR count). The van der Waals surface area contributed by atoms with E-state index in [9.17, 15) is 10.1 Å². The second kappa shape index (κ2) is 5.19. The van der Waals surface area contributed by atoms with Crippen molar-refractivity contribution in [3.63, 3.8) is 0 Å². The number of nitrogens with zero attached hydrogens (tertiary/aromatic N) is 3. The second-order valence-corrected chi connectivity index (χ2v) is 4.64. The topological polar surface area (TPSA) is 120 Å². The molecule has 0 saturated heterocycles. The molecule has 8 nitrogen and oxygen atoms in total. The SMILES string of the molecule is CC(C)C(N)CNc1ccc([N+](=O)[O-])c2nonc12. The van der Waals surface area contributed by atoms with Crippen molar-refractivity contribution in [3.8, 4) is 0 Å². The first kappa shape index (κ1) is 13.2. The molecule has 0 bridgehead atoms. The van der Waals surface area contributed by atoms with Gasteiger partial charge in [-0.05, 0) is 22.3 Å². The van der Waals surface area contributed by atoms with Gasteiger partial charge in [0, 0.05) is 18.7 Å². The van der Waals surface area contributed by atoms with Gasteiger partial charge in [0.2, 0.25) is 5.52 Å². The number of hydrogen-bond acceptors (Lipinski definition) is 7. The van der Waals surface area contributed by atoms with E-state index in [0.717, 1.165) is 0 Å². The third-order valence-electron chi connectivity index (χ3n) is 2.98. The zero-order valence-corrected chi connectivity index (χ0v) is 10.7. The van der Waals surface area contributed by atoms with Crippen LogP contribution in [0.4, 0.5) is 11.4 Å². The Kier molecular flexibility index (Phi) is 3.61. The normalized spacial score (nSPS) is 12.8. The molecule has 0 fully saturated rings. The van der Waals surface area contributed by atoms with Crippen molar-refractivity contribution in [2.75, 3.05) is 11.9 Å². The maximum Gasteiger partial charge on any atom is 0.300 e. The number of benzene rings is 1. The van der Waals surface area contributed by atoms with Crippen LogP contribution in [0.2, 0.25) is 0 Å². The number of non-ortho nitro benzene ring substituents is 1. The highest BCUT2D eigenvalue weighted by Gasteiger charge is 2.19. The summed E-state index contributed by atoms with van der Waals surface area (Å²) in [5, 5.41) is 21.2. The first-order chi connectivity index (χ1) is 9.00. The van der Waals surface area contributed by atoms with Gasteiger partial charge in [0.15, 0.2) is 5.52 Å². The highest BCUT2D eigenvalue weighted by Crippen LogP contribution is 2.28. The molecule has 19 heavy (non-hydrogen) atoms. The molecular weight excluding hydrogens is 250 g/mol. The number of anilines is 1. The summed E-state index contributed by atoms with van der Waals surface area (Å²) in [5.74, 6) is 0.330. The lowest BCUT2D eigenvalue weighted by atomic mass is 10.1. The van der Waals surface area contributed by atoms with Gasteiger partial charge >= 0.3 is 5.69 Å². The molecular formula is C11H15N5O3. The summed E-state index contributed by atoms with van der Waals surface area (Å²) in [4.78, 5) is 10.3. The summed E-state index contributed by atoms with van der Waals surface area (Å²) >= 11 is 0. The number of aromatic nitrogens is 2. The molecule has 0 aliphatic rings. The summed E-state index contributed by atoms with van der Waals surface area (Å²) in [6.45, 7) is 4.59. The molecule has 3 N–H and O–H groups in total. The Morgan fingerprint density at radius 2 is 2.11 bits per heavy atom. The fourth-order valence-electron chi connectivity index (χ4n) is 1.61. The average Bonchev–Trinajstić information content (AvgIpc) is 2.83. The van der Waals surface area contributed by atoms with E-state index in [4.69, 9.17) is 5.73 Å². The van der Waals surface area contributed by atoms with Crippen LogP contribution < -0.4 is 11.1 Å². The van der Waals surface area contributed by atoms with Gasteiger partial charge in [-0.15, -0.1) is 0 Å². The van der Waals surface area contributed by atoms with Crippen LogP contribution in [0, 0.1) is 16.0 Å². The van der Waals surface area contributed by atoms with E-state index in [1.165, 1.54) is 6.07 Å². The molecule has 1 unspecified atom stereocenters. The van der Waals surface area contributed by atoms with Gasteiger partial charge in [-0.3, -0.25) is 10.1 Å². The highest BCUT2D eigenvalue weighted by atomic mass is 16.6. The van der Waals surface area contributed by atoms with Crippen molar-refractivity contribution < 1.29 is 9.55 Å². The standard InChI is InChI=1S/C11H15N5O3/c1-6(2)7(12)5-13-8-3-4-9(16(17)18)11-10(8)14-19-15-11/h3-4,6-7,13H,5,12H2,1-2H3. The number of rotatable bonds is 5. The molecule has 0 spiro atoms. The lowest BCUT2D eigenvalue weighted by molar-refractivity contribution is -0.383. The lowest BCUT2D eigenvalue weighted by Crippen LogP contribution is -2.34. The first-order valence-electron chi connectivity index (χ1n) is 5.89. The minimum atomic E-state index is -0.518. The minimum absolute atomic E-state index is 0.0231. The number of nitrogens with one attached hydrogen (secondary N) is 1. The fraction of sp³-hybridized carbons (Fsp3) is 0.455. The van der Waals surface area contributed by atoms with Crippen molar-refractivity contribution in [1.29, 1.82) is 0 Å². The van der Waals surface area contributed by atoms with Crippen LogP contribution in [0.1, 0.15) is 13.8 Å². The zero-order valence-electron chi connectivity index (χ0n) is 10.7. The fourth-order valence-corrected chi connectivity index (χ4v) is 1.61. The molecule has 1 atom stereocenters. The minimum Gasteiger partial charge on any atom is -0.382 e. The van der Waals surface area contributed by atoms with Gasteiger partial charge in [-0.25, -0.2) is 4.63 Å². The molecule has 2 aromatic rings. The monoisotopic (exact) mass is 265 g/mol. The van der Waals surface area contributed by atoms with Crippen molar-refractivity contribution in [2.45, 2.75) is 19.9 Å². The second-order valence-electron chi connectivity index (χ2n) is 4.64. The molecule has 0 amide bonds. The molecule has 8 heteroatoms. The van der Waals surface area contributed by atoms with Gasteiger partial charge in [0.1, 0.15) is 0 Å². The molecule has 1 heterocycles. The molecule has 0 aliphatic heterocycles. The summed E-state index contributed by atoms with van der Waals surface area (Å²) < 4.78 is 4.57. The third kappa shape index (κ3) is 2.63. The van der Waals surface area contributed by atoms with Crippen LogP contribution in [-0.4, -0.2) is 27.8 Å². The zero-order chi connectivity index (χ0) is 14.0. The number of nitro groups is 1. The number of hydrogen-bond donors (Lipinski definition) is 2. The number of nitro benzene ring substituents is 1. The summed E-state index contributed by atoms with van der Waals surface area (Å²) in [7, 11) is 0. The molecule has 0 radical (unpaired) electrons. The van der Waals surface area contributed by atoms with Gasteiger partial charge in [0.05, 0.1) is 10.6 Å². The van der Waals surface area contributed by atoms with E-state index in [2.05, 4.69) is 20.3 Å². The van der Waals surface area contributed by atoms with Crippen molar-refractivity contribution in [2.24, 2.45) is 11.7 Å². The predicted molar refractivity (Wildman–Crippen MR) is 69.8 cm³/mol. The summed E-state index contributed by atoms with van der Waals surface area (Å²) in [6, 6.07) is 2.93. The molecule has 1 aromatic heterocycles. The van der Waals surface area contributed by atoms with Crippen LogP contribution in [-0.2, 0) is 0 Å². The van der Waals surface area contributed by atoms with E-state index in [1.807, 2.05) is 13.8 Å². The van der Waals surface area contributed by atoms with Gasteiger partial charge < -0.3 is 11.1 Å². The largest absolute Gasteiger partial charge is 0.382 e. The molecule has 102 valence electrons. The van der Waals surface area contributed by atoms with E-state index in [1.54, 1.807) is 6.07 Å². The third-order valence-corrected chi connectivity index (χ3v) is 2.98. The predicted octanol–water partition coefficient (Wildman–Crippen LogP) is 1.53. The van der Waals surface area contributed by atoms with E-state index < -0.39 is 4.92 Å². The van der Waals surface area contributed by atoms with E-state index >= 15 is 0 Å². The molecule has 1 aromatic carbocycles. The Bertz CT molecular complexity index is 595. The van der Waals surface area contributed by atoms with Crippen LogP contribution >= 0.6 is 0 Å². The number of nitrogens with two attached hydrogens (primary N) is 1.